The van der Waals surface area contributed by atoms with Crippen LogP contribution in [0.5, 0.6) is 5.75 Å². The molecule has 0 aliphatic carbocycles. The molecule has 2 rings (SSSR count). The van der Waals surface area contributed by atoms with Crippen LogP contribution in [0, 0.1) is 0 Å². The van der Waals surface area contributed by atoms with Gasteiger partial charge in [0.1, 0.15) is 5.75 Å². The maximum absolute atomic E-state index is 12.0. The van der Waals surface area contributed by atoms with Gasteiger partial charge in [-0.1, -0.05) is 55.8 Å². The highest BCUT2D eigenvalue weighted by Crippen LogP contribution is 2.25. The number of benzene rings is 2. The molecule has 0 saturated heterocycles. The predicted octanol–water partition coefficient (Wildman–Crippen LogP) is 3.11. The Hall–Kier alpha value is -2.64. The number of carbonyl (C=O) groups is 2. The summed E-state index contributed by atoms with van der Waals surface area (Å²) in [5.41, 5.74) is 6.69. The minimum atomic E-state index is -0.423. The topological polar surface area (TPSA) is 79.5 Å². The summed E-state index contributed by atoms with van der Waals surface area (Å²) in [4.78, 5) is 23.9. The Kier molecular flexibility index (Phi) is 8.22. The third-order valence-corrected chi connectivity index (χ3v) is 4.20. The first-order chi connectivity index (χ1) is 13.3. The third-order valence-electron chi connectivity index (χ3n) is 3.75. The summed E-state index contributed by atoms with van der Waals surface area (Å²) in [7, 11) is 0. The number of amides is 2. The molecule has 0 aliphatic rings. The zero-order chi connectivity index (χ0) is 20.5. The Balaban J connectivity index is 1.72. The average Bonchev–Trinajstić information content (AvgIpc) is 2.66. The number of nitrogens with one attached hydrogen (secondary N) is 3. The molecule has 2 aromatic rings. The Bertz CT molecular complexity index is 841. The van der Waals surface area contributed by atoms with Crippen LogP contribution < -0.4 is 20.9 Å². The van der Waals surface area contributed by atoms with Crippen molar-refractivity contribution < 1.29 is 14.3 Å². The molecular formula is C20H22ClN3O3S. The van der Waals surface area contributed by atoms with Crippen molar-refractivity contribution in [3.05, 3.63) is 64.7 Å². The molecule has 0 saturated carbocycles. The second-order valence-corrected chi connectivity index (χ2v) is 7.18. The second-order valence-electron chi connectivity index (χ2n) is 6.33. The van der Waals surface area contributed by atoms with Gasteiger partial charge >= 0.3 is 0 Å². The lowest BCUT2D eigenvalue weighted by atomic mass is 10.0. The molecule has 0 bridgehead atoms. The number of para-hydroxylation sites is 1. The minimum Gasteiger partial charge on any atom is -0.483 e. The quantitative estimate of drug-likeness (QED) is 0.495. The van der Waals surface area contributed by atoms with Crippen LogP contribution in [0.2, 0.25) is 5.02 Å². The molecule has 3 N–H and O–H groups in total. The lowest BCUT2D eigenvalue weighted by molar-refractivity contribution is -0.124. The summed E-state index contributed by atoms with van der Waals surface area (Å²) < 4.78 is 5.57. The van der Waals surface area contributed by atoms with Gasteiger partial charge in [-0.05, 0) is 47.5 Å². The van der Waals surface area contributed by atoms with Gasteiger partial charge in [-0.25, -0.2) is 0 Å². The van der Waals surface area contributed by atoms with E-state index in [1.165, 1.54) is 0 Å². The normalized spacial score (nSPS) is 10.3. The van der Waals surface area contributed by atoms with Gasteiger partial charge in [-0.3, -0.25) is 20.4 Å². The Labute approximate surface area is 174 Å². The maximum Gasteiger partial charge on any atom is 0.276 e. The number of halogens is 1. The fourth-order valence-electron chi connectivity index (χ4n) is 2.38. The van der Waals surface area contributed by atoms with E-state index >= 15 is 0 Å². The van der Waals surface area contributed by atoms with E-state index in [2.05, 4.69) is 30.0 Å². The van der Waals surface area contributed by atoms with Gasteiger partial charge < -0.3 is 10.1 Å². The van der Waals surface area contributed by atoms with Gasteiger partial charge in [0, 0.05) is 5.02 Å². The number of hydrazine groups is 1. The lowest BCUT2D eigenvalue weighted by Crippen LogP contribution is -2.50. The largest absolute Gasteiger partial charge is 0.483 e. The second kappa shape index (κ2) is 10.6. The summed E-state index contributed by atoms with van der Waals surface area (Å²) >= 11 is 10.8. The molecule has 0 aliphatic heterocycles. The monoisotopic (exact) mass is 419 g/mol. The molecule has 0 spiro atoms. The van der Waals surface area contributed by atoms with E-state index in [0.717, 1.165) is 11.1 Å². The Morgan fingerprint density at radius 3 is 2.39 bits per heavy atom. The SMILES string of the molecule is CC(C)c1ccccc1OCC(=O)NNC(=S)NC(=O)Cc1ccc(Cl)cc1. The van der Waals surface area contributed by atoms with Crippen molar-refractivity contribution in [1.82, 2.24) is 16.2 Å². The number of rotatable bonds is 6. The molecule has 0 aromatic heterocycles. The molecule has 0 radical (unpaired) electrons. The molecule has 6 nitrogen and oxygen atoms in total. The van der Waals surface area contributed by atoms with E-state index in [-0.39, 0.29) is 30.0 Å². The van der Waals surface area contributed by atoms with Gasteiger partial charge in [0.05, 0.1) is 6.42 Å². The van der Waals surface area contributed by atoms with Gasteiger partial charge in [-0.2, -0.15) is 0 Å². The zero-order valence-electron chi connectivity index (χ0n) is 15.6. The fourth-order valence-corrected chi connectivity index (χ4v) is 2.68. The van der Waals surface area contributed by atoms with Crippen LogP contribution in [0.15, 0.2) is 48.5 Å². The van der Waals surface area contributed by atoms with Crippen molar-refractivity contribution >= 4 is 40.7 Å². The molecule has 0 fully saturated rings. The van der Waals surface area contributed by atoms with E-state index in [1.54, 1.807) is 24.3 Å². The third kappa shape index (κ3) is 7.17. The average molecular weight is 420 g/mol. The van der Waals surface area contributed by atoms with Crippen LogP contribution in [-0.4, -0.2) is 23.5 Å². The zero-order valence-corrected chi connectivity index (χ0v) is 17.2. The van der Waals surface area contributed by atoms with Crippen LogP contribution in [0.1, 0.15) is 30.9 Å². The maximum atomic E-state index is 12.0. The summed E-state index contributed by atoms with van der Waals surface area (Å²) in [6.45, 7) is 3.92. The van der Waals surface area contributed by atoms with Gasteiger partial charge in [0.15, 0.2) is 11.7 Å². The first kappa shape index (κ1) is 21.7. The highest BCUT2D eigenvalue weighted by atomic mass is 35.5. The number of ether oxygens (including phenoxy) is 1. The van der Waals surface area contributed by atoms with E-state index in [4.69, 9.17) is 28.6 Å². The molecule has 2 amide bonds. The Morgan fingerprint density at radius 2 is 1.71 bits per heavy atom. The van der Waals surface area contributed by atoms with Crippen LogP contribution in [0.25, 0.3) is 0 Å². The smallest absolute Gasteiger partial charge is 0.276 e. The van der Waals surface area contributed by atoms with Crippen LogP contribution in [0.3, 0.4) is 0 Å². The molecule has 8 heteroatoms. The summed E-state index contributed by atoms with van der Waals surface area (Å²) in [5, 5.41) is 3.08. The van der Waals surface area contributed by atoms with Crippen LogP contribution in [0.4, 0.5) is 0 Å². The summed E-state index contributed by atoms with van der Waals surface area (Å²) in [5.74, 6) is 0.205. The molecule has 0 unspecified atom stereocenters. The van der Waals surface area contributed by atoms with E-state index in [0.29, 0.717) is 10.8 Å². The molecule has 0 atom stereocenters. The van der Waals surface area contributed by atoms with E-state index in [9.17, 15) is 9.59 Å². The summed E-state index contributed by atoms with van der Waals surface area (Å²) in [6, 6.07) is 14.5. The first-order valence-electron chi connectivity index (χ1n) is 8.70. The predicted molar refractivity (Wildman–Crippen MR) is 113 cm³/mol. The highest BCUT2D eigenvalue weighted by Gasteiger charge is 2.10. The number of carbonyl (C=O) groups excluding carboxylic acids is 2. The van der Waals surface area contributed by atoms with Crippen LogP contribution >= 0.6 is 23.8 Å². The number of hydrogen-bond acceptors (Lipinski definition) is 4. The lowest BCUT2D eigenvalue weighted by Gasteiger charge is -2.14. The number of thiocarbonyl (C=S) groups is 1. The molecule has 2 aromatic carbocycles. The fraction of sp³-hybridized carbons (Fsp3) is 0.250. The van der Waals surface area contributed by atoms with E-state index in [1.807, 2.05) is 24.3 Å². The van der Waals surface area contributed by atoms with Gasteiger partial charge in [0.2, 0.25) is 5.91 Å². The summed E-state index contributed by atoms with van der Waals surface area (Å²) in [6.07, 6.45) is 0.141. The van der Waals surface area contributed by atoms with Crippen LogP contribution in [-0.2, 0) is 16.0 Å². The van der Waals surface area contributed by atoms with Crippen molar-refractivity contribution in [2.24, 2.45) is 0 Å². The Morgan fingerprint density at radius 1 is 1.04 bits per heavy atom. The molecule has 0 heterocycles. The van der Waals surface area contributed by atoms with Crippen molar-refractivity contribution in [2.75, 3.05) is 6.61 Å². The van der Waals surface area contributed by atoms with Gasteiger partial charge in [0.25, 0.3) is 5.91 Å². The highest BCUT2D eigenvalue weighted by molar-refractivity contribution is 7.80. The first-order valence-corrected chi connectivity index (χ1v) is 9.48. The van der Waals surface area contributed by atoms with Crippen molar-refractivity contribution in [3.63, 3.8) is 0 Å². The van der Waals surface area contributed by atoms with Gasteiger partial charge in [-0.15, -0.1) is 0 Å². The van der Waals surface area contributed by atoms with Crippen molar-refractivity contribution in [3.8, 4) is 5.75 Å². The molecular weight excluding hydrogens is 398 g/mol. The standard InChI is InChI=1S/C20H22ClN3O3S/c1-13(2)16-5-3-4-6-17(16)27-12-19(26)23-24-20(28)22-18(25)11-14-7-9-15(21)10-8-14/h3-10,13H,11-12H2,1-2H3,(H,23,26)(H2,22,24,25,28). The molecule has 148 valence electrons. The minimum absolute atomic E-state index is 0.00473. The van der Waals surface area contributed by atoms with Crippen molar-refractivity contribution in [1.29, 1.82) is 0 Å². The number of hydrogen-bond donors (Lipinski definition) is 3. The van der Waals surface area contributed by atoms with E-state index < -0.39 is 5.91 Å². The molecule has 28 heavy (non-hydrogen) atoms. The van der Waals surface area contributed by atoms with Crippen molar-refractivity contribution in [2.45, 2.75) is 26.2 Å².